The summed E-state index contributed by atoms with van der Waals surface area (Å²) in [5.74, 6) is -0.197. The first-order valence-corrected chi connectivity index (χ1v) is 20.8. The molecule has 0 aromatic carbocycles. The van der Waals surface area contributed by atoms with Crippen LogP contribution in [-0.2, 0) is 18.4 Å². The fourth-order valence-electron chi connectivity index (χ4n) is 5.66. The molecule has 3 unspecified atom stereocenters. The molecule has 0 aliphatic carbocycles. The van der Waals surface area contributed by atoms with E-state index in [2.05, 4.69) is 19.2 Å². The van der Waals surface area contributed by atoms with Gasteiger partial charge in [-0.1, -0.05) is 174 Å². The molecule has 0 spiro atoms. The number of hydrogen-bond donors (Lipinski definition) is 4. The van der Waals surface area contributed by atoms with Gasteiger partial charge < -0.3 is 21.1 Å². The van der Waals surface area contributed by atoms with Gasteiger partial charge in [-0.15, -0.1) is 0 Å². The molecule has 5 N–H and O–H groups in total. The molecule has 0 aliphatic rings. The molecular formula is C37H75N2O6P. The third-order valence-electron chi connectivity index (χ3n) is 8.61. The zero-order chi connectivity index (χ0) is 34.0. The Morgan fingerprint density at radius 1 is 0.696 bits per heavy atom. The predicted molar refractivity (Wildman–Crippen MR) is 194 cm³/mol. The summed E-state index contributed by atoms with van der Waals surface area (Å²) < 4.78 is 22.0. The molecular weight excluding hydrogens is 599 g/mol. The van der Waals surface area contributed by atoms with Gasteiger partial charge in [-0.05, 0) is 19.3 Å². The SMILES string of the molecule is CCCCCCCCCCCCCCCCCC/C=C/C(O)C(COP(=O)(O)OCCN)NC(=O)CCCCCCCCCCC. The number of unbranched alkanes of at least 4 members (excludes halogenated alkanes) is 24. The molecule has 0 aromatic heterocycles. The largest absolute Gasteiger partial charge is 0.472 e. The number of carbonyl (C=O) groups excluding carboxylic acids is 1. The predicted octanol–water partition coefficient (Wildman–Crippen LogP) is 10.1. The Labute approximate surface area is 284 Å². The summed E-state index contributed by atoms with van der Waals surface area (Å²) in [6.07, 6.45) is 35.5. The number of phosphoric ester groups is 1. The van der Waals surface area contributed by atoms with Gasteiger partial charge in [0.1, 0.15) is 0 Å². The summed E-state index contributed by atoms with van der Waals surface area (Å²) in [4.78, 5) is 22.5. The minimum atomic E-state index is -4.32. The van der Waals surface area contributed by atoms with Crippen LogP contribution in [0.4, 0.5) is 0 Å². The fraction of sp³-hybridized carbons (Fsp3) is 0.919. The lowest BCUT2D eigenvalue weighted by atomic mass is 10.0. The number of aliphatic hydroxyl groups excluding tert-OH is 1. The molecule has 1 amide bonds. The van der Waals surface area contributed by atoms with E-state index < -0.39 is 20.0 Å². The van der Waals surface area contributed by atoms with E-state index in [4.69, 9.17) is 14.8 Å². The molecule has 0 saturated heterocycles. The highest BCUT2D eigenvalue weighted by Gasteiger charge is 2.26. The van der Waals surface area contributed by atoms with Crippen LogP contribution in [0.15, 0.2) is 12.2 Å². The van der Waals surface area contributed by atoms with Crippen LogP contribution in [-0.4, -0.2) is 47.8 Å². The van der Waals surface area contributed by atoms with Gasteiger partial charge in [0.25, 0.3) is 0 Å². The van der Waals surface area contributed by atoms with Gasteiger partial charge in [0.2, 0.25) is 5.91 Å². The number of allylic oxidation sites excluding steroid dienone is 1. The maximum atomic E-state index is 12.6. The van der Waals surface area contributed by atoms with E-state index in [1.54, 1.807) is 6.08 Å². The van der Waals surface area contributed by atoms with E-state index in [9.17, 15) is 19.4 Å². The van der Waals surface area contributed by atoms with Crippen LogP contribution >= 0.6 is 7.82 Å². The molecule has 0 rings (SSSR count). The minimum Gasteiger partial charge on any atom is -0.387 e. The number of nitrogens with one attached hydrogen (secondary N) is 1. The zero-order valence-electron chi connectivity index (χ0n) is 30.1. The van der Waals surface area contributed by atoms with Gasteiger partial charge in [0.05, 0.1) is 25.4 Å². The summed E-state index contributed by atoms with van der Waals surface area (Å²) in [6, 6.07) is -0.852. The van der Waals surface area contributed by atoms with Crippen LogP contribution in [0.1, 0.15) is 187 Å². The average Bonchev–Trinajstić information content (AvgIpc) is 3.04. The van der Waals surface area contributed by atoms with Crippen molar-refractivity contribution in [3.63, 3.8) is 0 Å². The first-order valence-electron chi connectivity index (χ1n) is 19.3. The van der Waals surface area contributed by atoms with Crippen LogP contribution in [0.5, 0.6) is 0 Å². The number of amides is 1. The van der Waals surface area contributed by atoms with Crippen LogP contribution in [0.2, 0.25) is 0 Å². The highest BCUT2D eigenvalue weighted by atomic mass is 31.2. The maximum absolute atomic E-state index is 12.6. The highest BCUT2D eigenvalue weighted by molar-refractivity contribution is 7.47. The van der Waals surface area contributed by atoms with Crippen molar-refractivity contribution in [3.05, 3.63) is 12.2 Å². The van der Waals surface area contributed by atoms with Crippen molar-refractivity contribution in [2.75, 3.05) is 19.8 Å². The summed E-state index contributed by atoms with van der Waals surface area (Å²) in [6.45, 7) is 4.11. The third kappa shape index (κ3) is 31.8. The van der Waals surface area contributed by atoms with Gasteiger partial charge in [0, 0.05) is 13.0 Å². The Hall–Kier alpha value is -0.760. The van der Waals surface area contributed by atoms with E-state index in [1.165, 1.54) is 128 Å². The Morgan fingerprint density at radius 2 is 1.11 bits per heavy atom. The van der Waals surface area contributed by atoms with Crippen molar-refractivity contribution in [1.82, 2.24) is 5.32 Å². The first-order chi connectivity index (χ1) is 22.4. The smallest absolute Gasteiger partial charge is 0.387 e. The zero-order valence-corrected chi connectivity index (χ0v) is 31.0. The topological polar surface area (TPSA) is 131 Å². The molecule has 9 heteroatoms. The van der Waals surface area contributed by atoms with E-state index >= 15 is 0 Å². The first kappa shape index (κ1) is 45.2. The van der Waals surface area contributed by atoms with Gasteiger partial charge in [0.15, 0.2) is 0 Å². The normalized spacial score (nSPS) is 14.5. The van der Waals surface area contributed by atoms with Gasteiger partial charge in [-0.25, -0.2) is 4.57 Å². The molecule has 3 atom stereocenters. The lowest BCUT2D eigenvalue weighted by Gasteiger charge is -2.23. The van der Waals surface area contributed by atoms with Crippen LogP contribution in [0.25, 0.3) is 0 Å². The number of rotatable bonds is 36. The van der Waals surface area contributed by atoms with Gasteiger partial charge in [-0.3, -0.25) is 13.8 Å². The number of phosphoric acid groups is 1. The number of hydrogen-bond acceptors (Lipinski definition) is 6. The molecule has 0 aromatic rings. The minimum absolute atomic E-state index is 0.0809. The molecule has 0 bridgehead atoms. The van der Waals surface area contributed by atoms with E-state index in [-0.39, 0.29) is 25.7 Å². The number of nitrogens with two attached hydrogens (primary N) is 1. The van der Waals surface area contributed by atoms with E-state index in [0.29, 0.717) is 6.42 Å². The Kier molecular flexibility index (Phi) is 33.6. The molecule has 8 nitrogen and oxygen atoms in total. The van der Waals surface area contributed by atoms with Gasteiger partial charge >= 0.3 is 7.82 Å². The number of carbonyl (C=O) groups is 1. The Morgan fingerprint density at radius 3 is 1.54 bits per heavy atom. The van der Waals surface area contributed by atoms with Crippen molar-refractivity contribution >= 4 is 13.7 Å². The summed E-state index contributed by atoms with van der Waals surface area (Å²) in [5.41, 5.74) is 5.35. The maximum Gasteiger partial charge on any atom is 0.472 e. The highest BCUT2D eigenvalue weighted by Crippen LogP contribution is 2.43. The number of aliphatic hydroxyl groups is 1. The van der Waals surface area contributed by atoms with Crippen molar-refractivity contribution in [1.29, 1.82) is 0 Å². The standard InChI is InChI=1S/C37H75N2O6P/c1-3-5-7-9-11-13-14-15-16-17-18-19-20-21-23-24-26-28-30-36(40)35(34-45-46(42,43)44-33-32-38)39-37(41)31-29-27-25-22-12-10-8-6-4-2/h28,30,35-36,40H,3-27,29,31-34,38H2,1-2H3,(H,39,41)(H,42,43)/b30-28+. The van der Waals surface area contributed by atoms with Crippen molar-refractivity contribution < 1.29 is 28.4 Å². The second kappa shape index (κ2) is 34.1. The molecule has 0 heterocycles. The summed E-state index contributed by atoms with van der Waals surface area (Å²) >= 11 is 0. The lowest BCUT2D eigenvalue weighted by Crippen LogP contribution is -2.45. The van der Waals surface area contributed by atoms with Crippen molar-refractivity contribution in [2.24, 2.45) is 5.73 Å². The summed E-state index contributed by atoms with van der Waals surface area (Å²) in [7, 11) is -4.32. The fourth-order valence-corrected chi connectivity index (χ4v) is 6.42. The van der Waals surface area contributed by atoms with Crippen LogP contribution < -0.4 is 11.1 Å². The Bertz CT molecular complexity index is 739. The third-order valence-corrected chi connectivity index (χ3v) is 9.60. The molecule has 0 radical (unpaired) electrons. The van der Waals surface area contributed by atoms with E-state index in [0.717, 1.165) is 38.5 Å². The second-order valence-electron chi connectivity index (χ2n) is 13.1. The molecule has 0 fully saturated rings. The molecule has 46 heavy (non-hydrogen) atoms. The monoisotopic (exact) mass is 675 g/mol. The van der Waals surface area contributed by atoms with E-state index in [1.807, 2.05) is 6.08 Å². The average molecular weight is 675 g/mol. The molecule has 274 valence electrons. The lowest BCUT2D eigenvalue weighted by molar-refractivity contribution is -0.123. The quantitative estimate of drug-likeness (QED) is 0.0295. The van der Waals surface area contributed by atoms with Crippen molar-refractivity contribution in [3.8, 4) is 0 Å². The van der Waals surface area contributed by atoms with Crippen LogP contribution in [0.3, 0.4) is 0 Å². The van der Waals surface area contributed by atoms with Gasteiger partial charge in [-0.2, -0.15) is 0 Å². The second-order valence-corrected chi connectivity index (χ2v) is 14.6. The molecule has 0 saturated carbocycles. The molecule has 0 aliphatic heterocycles. The Balaban J connectivity index is 4.22. The van der Waals surface area contributed by atoms with Crippen molar-refractivity contribution in [2.45, 2.75) is 199 Å². The summed E-state index contributed by atoms with van der Waals surface area (Å²) in [5, 5.41) is 13.6. The van der Waals surface area contributed by atoms with Crippen LogP contribution in [0, 0.1) is 0 Å².